The molecule has 15 heavy (non-hydrogen) atoms. The summed E-state index contributed by atoms with van der Waals surface area (Å²) < 4.78 is 23.1. The number of hydrogen-bond acceptors (Lipinski definition) is 2. The van der Waals surface area contributed by atoms with E-state index in [4.69, 9.17) is 0 Å². The van der Waals surface area contributed by atoms with Gasteiger partial charge in [-0.05, 0) is 24.1 Å². The van der Waals surface area contributed by atoms with Crippen LogP contribution in [0.25, 0.3) is 0 Å². The largest absolute Gasteiger partial charge is 0.229 e. The summed E-state index contributed by atoms with van der Waals surface area (Å²) >= 11 is 6.73. The Morgan fingerprint density at radius 3 is 2.27 bits per heavy atom. The molecular weight excluding hydrogens is 344 g/mol. The second-order valence-corrected chi connectivity index (χ2v) is 7.92. The lowest BCUT2D eigenvalue weighted by Gasteiger charge is -2.08. The van der Waals surface area contributed by atoms with Crippen LogP contribution in [-0.2, 0) is 16.3 Å². The maximum atomic E-state index is 11.0. The molecule has 2 nitrogen and oxygen atoms in total. The van der Waals surface area contributed by atoms with E-state index >= 15 is 0 Å². The van der Waals surface area contributed by atoms with E-state index in [-0.39, 0.29) is 10.6 Å². The van der Waals surface area contributed by atoms with E-state index in [1.54, 1.807) is 0 Å². The molecule has 1 aromatic rings. The van der Waals surface area contributed by atoms with Crippen molar-refractivity contribution in [2.45, 2.75) is 11.2 Å². The van der Waals surface area contributed by atoms with Crippen LogP contribution in [0.5, 0.6) is 0 Å². The molecule has 0 aliphatic carbocycles. The van der Waals surface area contributed by atoms with Gasteiger partial charge < -0.3 is 0 Å². The summed E-state index contributed by atoms with van der Waals surface area (Å²) in [6.07, 6.45) is 1.98. The van der Waals surface area contributed by atoms with Crippen LogP contribution in [0.3, 0.4) is 0 Å². The van der Waals surface area contributed by atoms with Crippen molar-refractivity contribution in [2.75, 3.05) is 12.0 Å². The van der Waals surface area contributed by atoms with E-state index in [0.717, 1.165) is 16.5 Å². The number of sulfone groups is 1. The standard InChI is InChI=1S/C10H12Br2O2S/c1-15(13,14)7-10(12)6-8-2-4-9(11)5-3-8/h2-5,10H,6-7H2,1H3. The number of benzene rings is 1. The normalized spacial score (nSPS) is 13.8. The summed E-state index contributed by atoms with van der Waals surface area (Å²) in [5.41, 5.74) is 1.13. The minimum absolute atomic E-state index is 0.0197. The third-order valence-electron chi connectivity index (χ3n) is 1.85. The molecule has 0 aliphatic rings. The van der Waals surface area contributed by atoms with Crippen LogP contribution in [0.15, 0.2) is 28.7 Å². The Morgan fingerprint density at radius 2 is 1.80 bits per heavy atom. The van der Waals surface area contributed by atoms with Crippen molar-refractivity contribution in [3.05, 3.63) is 34.3 Å². The van der Waals surface area contributed by atoms with Crippen LogP contribution < -0.4 is 0 Å². The first-order chi connectivity index (χ1) is 6.87. The number of halogens is 2. The zero-order valence-corrected chi connectivity index (χ0v) is 12.3. The van der Waals surface area contributed by atoms with Crippen LogP contribution in [0, 0.1) is 0 Å². The van der Waals surface area contributed by atoms with Crippen molar-refractivity contribution in [1.82, 2.24) is 0 Å². The van der Waals surface area contributed by atoms with Crippen LogP contribution in [-0.4, -0.2) is 25.3 Å². The van der Waals surface area contributed by atoms with E-state index in [2.05, 4.69) is 31.9 Å². The topological polar surface area (TPSA) is 34.1 Å². The molecule has 0 fully saturated rings. The molecule has 1 atom stereocenters. The molecule has 84 valence electrons. The summed E-state index contributed by atoms with van der Waals surface area (Å²) in [6.45, 7) is 0. The summed E-state index contributed by atoms with van der Waals surface area (Å²) in [5.74, 6) is 0.170. The van der Waals surface area contributed by atoms with Crippen LogP contribution in [0.2, 0.25) is 0 Å². The lowest BCUT2D eigenvalue weighted by molar-refractivity contribution is 0.600. The SMILES string of the molecule is CS(=O)(=O)CC(Br)Cc1ccc(Br)cc1. The molecule has 0 amide bonds. The van der Waals surface area contributed by atoms with Gasteiger partial charge in [0.05, 0.1) is 5.75 Å². The Kier molecular flexibility index (Phi) is 4.80. The first-order valence-corrected chi connectivity index (χ1v) is 8.20. The average Bonchev–Trinajstić information content (AvgIpc) is 2.05. The van der Waals surface area contributed by atoms with E-state index < -0.39 is 9.84 Å². The third kappa shape index (κ3) is 5.68. The van der Waals surface area contributed by atoms with Crippen molar-refractivity contribution >= 4 is 41.7 Å². The quantitative estimate of drug-likeness (QED) is 0.778. The zero-order valence-electron chi connectivity index (χ0n) is 8.28. The minimum atomic E-state index is -2.91. The van der Waals surface area contributed by atoms with Crippen molar-refractivity contribution in [1.29, 1.82) is 0 Å². The van der Waals surface area contributed by atoms with E-state index in [0.29, 0.717) is 0 Å². The molecule has 1 unspecified atom stereocenters. The monoisotopic (exact) mass is 354 g/mol. The maximum Gasteiger partial charge on any atom is 0.148 e. The van der Waals surface area contributed by atoms with Gasteiger partial charge in [0.25, 0.3) is 0 Å². The highest BCUT2D eigenvalue weighted by atomic mass is 79.9. The Labute approximate surface area is 107 Å². The molecule has 0 N–H and O–H groups in total. The van der Waals surface area contributed by atoms with Gasteiger partial charge in [-0.1, -0.05) is 44.0 Å². The van der Waals surface area contributed by atoms with Crippen molar-refractivity contribution in [3.8, 4) is 0 Å². The first kappa shape index (κ1) is 13.2. The lowest BCUT2D eigenvalue weighted by atomic mass is 10.1. The van der Waals surface area contributed by atoms with Gasteiger partial charge in [-0.2, -0.15) is 0 Å². The van der Waals surface area contributed by atoms with Crippen LogP contribution in [0.4, 0.5) is 0 Å². The second kappa shape index (κ2) is 5.46. The number of rotatable bonds is 4. The van der Waals surface area contributed by atoms with Crippen LogP contribution in [0.1, 0.15) is 5.56 Å². The smallest absolute Gasteiger partial charge is 0.148 e. The summed E-state index contributed by atoms with van der Waals surface area (Å²) in [6, 6.07) is 7.88. The van der Waals surface area contributed by atoms with Gasteiger partial charge in [0.1, 0.15) is 9.84 Å². The van der Waals surface area contributed by atoms with Gasteiger partial charge in [0.15, 0.2) is 0 Å². The predicted octanol–water partition coefficient (Wildman–Crippen LogP) is 2.80. The summed E-state index contributed by atoms with van der Waals surface area (Å²) in [5, 5.41) is 0. The summed E-state index contributed by atoms with van der Waals surface area (Å²) in [7, 11) is -2.91. The Balaban J connectivity index is 2.59. The van der Waals surface area contributed by atoms with Gasteiger partial charge in [0, 0.05) is 15.6 Å². The van der Waals surface area contributed by atoms with Crippen molar-refractivity contribution in [3.63, 3.8) is 0 Å². The fourth-order valence-corrected chi connectivity index (χ4v) is 4.12. The predicted molar refractivity (Wildman–Crippen MR) is 70.3 cm³/mol. The molecule has 0 spiro atoms. The maximum absolute atomic E-state index is 11.0. The molecule has 0 saturated carbocycles. The Bertz CT molecular complexity index is 412. The molecule has 0 heterocycles. The van der Waals surface area contributed by atoms with Crippen LogP contribution >= 0.6 is 31.9 Å². The van der Waals surface area contributed by atoms with Gasteiger partial charge in [-0.15, -0.1) is 0 Å². The fraction of sp³-hybridized carbons (Fsp3) is 0.400. The Morgan fingerprint density at radius 1 is 1.27 bits per heavy atom. The molecule has 1 aromatic carbocycles. The molecule has 0 radical (unpaired) electrons. The van der Waals surface area contributed by atoms with Crippen molar-refractivity contribution < 1.29 is 8.42 Å². The molecule has 5 heteroatoms. The molecule has 0 bridgehead atoms. The molecular formula is C10H12Br2O2S. The van der Waals surface area contributed by atoms with E-state index in [1.165, 1.54) is 6.26 Å². The van der Waals surface area contributed by atoms with E-state index in [1.807, 2.05) is 24.3 Å². The number of alkyl halides is 1. The molecule has 0 aromatic heterocycles. The third-order valence-corrected chi connectivity index (χ3v) is 4.47. The van der Waals surface area contributed by atoms with Gasteiger partial charge >= 0.3 is 0 Å². The Hall–Kier alpha value is 0.130. The average molecular weight is 356 g/mol. The molecule has 1 rings (SSSR count). The minimum Gasteiger partial charge on any atom is -0.229 e. The zero-order chi connectivity index (χ0) is 11.5. The second-order valence-electron chi connectivity index (χ2n) is 3.52. The molecule has 0 saturated heterocycles. The summed E-state index contributed by atoms with van der Waals surface area (Å²) in [4.78, 5) is -0.0197. The van der Waals surface area contributed by atoms with E-state index in [9.17, 15) is 8.42 Å². The van der Waals surface area contributed by atoms with Gasteiger partial charge in [-0.25, -0.2) is 8.42 Å². The molecule has 0 aliphatic heterocycles. The fourth-order valence-electron chi connectivity index (χ4n) is 1.26. The number of hydrogen-bond donors (Lipinski definition) is 0. The van der Waals surface area contributed by atoms with Gasteiger partial charge in [-0.3, -0.25) is 0 Å². The first-order valence-electron chi connectivity index (χ1n) is 4.43. The van der Waals surface area contributed by atoms with Gasteiger partial charge in [0.2, 0.25) is 0 Å². The highest BCUT2D eigenvalue weighted by Crippen LogP contribution is 2.15. The highest BCUT2D eigenvalue weighted by molar-refractivity contribution is 9.10. The highest BCUT2D eigenvalue weighted by Gasteiger charge is 2.12. The lowest BCUT2D eigenvalue weighted by Crippen LogP contribution is -2.16. The van der Waals surface area contributed by atoms with Crippen molar-refractivity contribution in [2.24, 2.45) is 0 Å².